The van der Waals surface area contributed by atoms with Crippen LogP contribution in [0, 0.1) is 0 Å². The highest BCUT2D eigenvalue weighted by Crippen LogP contribution is 2.36. The van der Waals surface area contributed by atoms with Crippen LogP contribution in [-0.2, 0) is 21.4 Å². The van der Waals surface area contributed by atoms with Crippen molar-refractivity contribution in [3.05, 3.63) is 34.3 Å². The van der Waals surface area contributed by atoms with Gasteiger partial charge in [-0.15, -0.1) is 0 Å². The van der Waals surface area contributed by atoms with Crippen LogP contribution < -0.4 is 0 Å². The van der Waals surface area contributed by atoms with Crippen LogP contribution in [-0.4, -0.2) is 23.4 Å². The van der Waals surface area contributed by atoms with E-state index in [0.29, 0.717) is 0 Å². The molecule has 0 atom stereocenters. The van der Waals surface area contributed by atoms with Crippen LogP contribution in [0.25, 0.3) is 0 Å². The molecule has 1 amide bonds. The molecule has 1 aromatic rings. The smallest absolute Gasteiger partial charge is 0.259 e. The average Bonchev–Trinajstić information content (AvgIpc) is 2.26. The van der Waals surface area contributed by atoms with Crippen LogP contribution in [0.3, 0.4) is 0 Å². The molecule has 6 heteroatoms. The molecule has 1 heterocycles. The van der Waals surface area contributed by atoms with Gasteiger partial charge in [0.1, 0.15) is 0 Å². The Bertz CT molecular complexity index is 580. The Balaban J connectivity index is 2.29. The summed E-state index contributed by atoms with van der Waals surface area (Å²) in [6.07, 6.45) is 0. The maximum Gasteiger partial charge on any atom is 0.259 e. The Morgan fingerprint density at radius 3 is 2.41 bits per heavy atom. The zero-order valence-electron chi connectivity index (χ0n) is 9.47. The molecule has 0 spiro atoms. The second-order valence-corrected chi connectivity index (χ2v) is 7.68. The van der Waals surface area contributed by atoms with E-state index in [-0.39, 0.29) is 12.5 Å². The van der Waals surface area contributed by atoms with Gasteiger partial charge < -0.3 is 0 Å². The lowest BCUT2D eigenvalue weighted by Gasteiger charge is -2.43. The van der Waals surface area contributed by atoms with Gasteiger partial charge in [-0.05, 0) is 25.5 Å². The molecular weight excluding hydrogens is 306 g/mol. The van der Waals surface area contributed by atoms with Crippen LogP contribution in [0.1, 0.15) is 19.4 Å². The number of rotatable bonds is 2. The molecular formula is C11H12BrNO3S. The molecule has 92 valence electrons. The lowest BCUT2D eigenvalue weighted by molar-refractivity contribution is -0.132. The van der Waals surface area contributed by atoms with Crippen molar-refractivity contribution in [2.75, 3.05) is 0 Å². The topological polar surface area (TPSA) is 54.5 Å². The summed E-state index contributed by atoms with van der Waals surface area (Å²) in [5.41, 5.74) is 0.778. The SMILES string of the molecule is CC1(C)C(=O)N(Cc2ccccc2Br)S1(=O)=O. The quantitative estimate of drug-likeness (QED) is 0.837. The Morgan fingerprint density at radius 2 is 1.88 bits per heavy atom. The standard InChI is InChI=1S/C11H12BrNO3S/c1-11(2)10(14)13(17(11,15)16)7-8-5-3-4-6-9(8)12/h3-6H,7H2,1-2H3. The fourth-order valence-electron chi connectivity index (χ4n) is 1.69. The number of hydrogen-bond acceptors (Lipinski definition) is 3. The number of sulfonamides is 1. The van der Waals surface area contributed by atoms with Crippen molar-refractivity contribution in [3.8, 4) is 0 Å². The summed E-state index contributed by atoms with van der Waals surface area (Å²) in [5.74, 6) is -0.353. The summed E-state index contributed by atoms with van der Waals surface area (Å²) in [5, 5.41) is 0. The van der Waals surface area contributed by atoms with Crippen molar-refractivity contribution in [3.63, 3.8) is 0 Å². The average molecular weight is 318 g/mol. The predicted octanol–water partition coefficient (Wildman–Crippen LogP) is 1.90. The number of nitrogens with zero attached hydrogens (tertiary/aromatic N) is 1. The molecule has 0 unspecified atom stereocenters. The lowest BCUT2D eigenvalue weighted by atomic mass is 10.1. The van der Waals surface area contributed by atoms with Gasteiger partial charge in [0.2, 0.25) is 0 Å². The Labute approximate surface area is 109 Å². The van der Waals surface area contributed by atoms with E-state index in [1.807, 2.05) is 18.2 Å². The van der Waals surface area contributed by atoms with Gasteiger partial charge in [0.25, 0.3) is 15.9 Å². The van der Waals surface area contributed by atoms with Crippen LogP contribution in [0.5, 0.6) is 0 Å². The summed E-state index contributed by atoms with van der Waals surface area (Å²) in [6.45, 7) is 2.95. The molecule has 0 radical (unpaired) electrons. The Morgan fingerprint density at radius 1 is 1.29 bits per heavy atom. The number of halogens is 1. The molecule has 0 aliphatic carbocycles. The maximum absolute atomic E-state index is 11.9. The van der Waals surface area contributed by atoms with E-state index >= 15 is 0 Å². The lowest BCUT2D eigenvalue weighted by Crippen LogP contribution is -2.66. The van der Waals surface area contributed by atoms with E-state index in [1.54, 1.807) is 6.07 Å². The number of hydrogen-bond donors (Lipinski definition) is 0. The van der Waals surface area contributed by atoms with Crippen LogP contribution >= 0.6 is 15.9 Å². The van der Waals surface area contributed by atoms with E-state index in [2.05, 4.69) is 15.9 Å². The van der Waals surface area contributed by atoms with E-state index in [9.17, 15) is 13.2 Å². The normalized spacial score (nSPS) is 21.1. The van der Waals surface area contributed by atoms with Crippen LogP contribution in [0.4, 0.5) is 0 Å². The van der Waals surface area contributed by atoms with Crippen molar-refractivity contribution in [2.45, 2.75) is 25.1 Å². The molecule has 1 aliphatic rings. The molecule has 2 rings (SSSR count). The molecule has 4 nitrogen and oxygen atoms in total. The van der Waals surface area contributed by atoms with Crippen molar-refractivity contribution >= 4 is 31.9 Å². The first-order valence-electron chi connectivity index (χ1n) is 5.08. The Kier molecular flexibility index (Phi) is 2.82. The highest BCUT2D eigenvalue weighted by Gasteiger charge is 2.59. The van der Waals surface area contributed by atoms with Crippen molar-refractivity contribution in [1.29, 1.82) is 0 Å². The molecule has 0 bridgehead atoms. The number of amides is 1. The molecule has 17 heavy (non-hydrogen) atoms. The highest BCUT2D eigenvalue weighted by molar-refractivity contribution is 9.10. The molecule has 0 aromatic heterocycles. The third-order valence-electron chi connectivity index (χ3n) is 2.95. The van der Waals surface area contributed by atoms with Gasteiger partial charge >= 0.3 is 0 Å². The van der Waals surface area contributed by atoms with Crippen molar-refractivity contribution in [1.82, 2.24) is 4.31 Å². The van der Waals surface area contributed by atoms with Gasteiger partial charge in [0.15, 0.2) is 4.75 Å². The second kappa shape index (κ2) is 3.81. The third kappa shape index (κ3) is 1.70. The first kappa shape index (κ1) is 12.6. The fourth-order valence-corrected chi connectivity index (χ4v) is 3.61. The summed E-state index contributed by atoms with van der Waals surface area (Å²) >= 11 is 3.33. The minimum atomic E-state index is -3.50. The van der Waals surface area contributed by atoms with Crippen molar-refractivity contribution < 1.29 is 13.2 Å². The largest absolute Gasteiger partial charge is 0.272 e. The van der Waals surface area contributed by atoms with Gasteiger partial charge in [-0.25, -0.2) is 12.7 Å². The van der Waals surface area contributed by atoms with Gasteiger partial charge in [0, 0.05) is 4.47 Å². The maximum atomic E-state index is 11.9. The minimum absolute atomic E-state index is 0.0893. The third-order valence-corrected chi connectivity index (χ3v) is 6.06. The summed E-state index contributed by atoms with van der Waals surface area (Å²) in [6, 6.07) is 7.25. The van der Waals surface area contributed by atoms with Crippen LogP contribution in [0.15, 0.2) is 28.7 Å². The first-order chi connectivity index (χ1) is 7.78. The molecule has 0 N–H and O–H groups in total. The van der Waals surface area contributed by atoms with E-state index < -0.39 is 14.8 Å². The summed E-state index contributed by atoms with van der Waals surface area (Å²) < 4.78 is 24.2. The molecule has 1 fully saturated rings. The van der Waals surface area contributed by atoms with Gasteiger partial charge in [-0.2, -0.15) is 0 Å². The van der Waals surface area contributed by atoms with Gasteiger partial charge in [-0.3, -0.25) is 4.79 Å². The first-order valence-corrected chi connectivity index (χ1v) is 7.32. The number of carbonyl (C=O) groups excluding carboxylic acids is 1. The summed E-state index contributed by atoms with van der Waals surface area (Å²) in [7, 11) is -3.50. The number of benzene rings is 1. The zero-order chi connectivity index (χ0) is 12.8. The molecule has 1 aromatic carbocycles. The predicted molar refractivity (Wildman–Crippen MR) is 67.7 cm³/mol. The Hall–Kier alpha value is -0.880. The number of carbonyl (C=O) groups is 1. The minimum Gasteiger partial charge on any atom is -0.272 e. The van der Waals surface area contributed by atoms with E-state index in [0.717, 1.165) is 14.3 Å². The second-order valence-electron chi connectivity index (χ2n) is 4.42. The zero-order valence-corrected chi connectivity index (χ0v) is 11.9. The van der Waals surface area contributed by atoms with E-state index in [4.69, 9.17) is 0 Å². The monoisotopic (exact) mass is 317 g/mol. The summed E-state index contributed by atoms with van der Waals surface area (Å²) in [4.78, 5) is 11.7. The van der Waals surface area contributed by atoms with Gasteiger partial charge in [0.05, 0.1) is 6.54 Å². The molecule has 1 aliphatic heterocycles. The van der Waals surface area contributed by atoms with Crippen LogP contribution in [0.2, 0.25) is 0 Å². The fraction of sp³-hybridized carbons (Fsp3) is 0.364. The molecule has 1 saturated heterocycles. The van der Waals surface area contributed by atoms with Crippen molar-refractivity contribution in [2.24, 2.45) is 0 Å². The van der Waals surface area contributed by atoms with E-state index in [1.165, 1.54) is 13.8 Å². The molecule has 0 saturated carbocycles. The van der Waals surface area contributed by atoms with Gasteiger partial charge in [-0.1, -0.05) is 34.1 Å². The highest BCUT2D eigenvalue weighted by atomic mass is 79.9.